The number of hydrogen-bond donors (Lipinski definition) is 0. The van der Waals surface area contributed by atoms with E-state index in [1.807, 2.05) is 6.08 Å². The van der Waals surface area contributed by atoms with Crippen LogP contribution in [0.1, 0.15) is 34.3 Å². The van der Waals surface area contributed by atoms with Gasteiger partial charge >= 0.3 is 6.18 Å². The molecular weight excluding hydrogens is 358 g/mol. The molecule has 0 aliphatic carbocycles. The molecule has 0 aromatic heterocycles. The second kappa shape index (κ2) is 8.05. The molecule has 1 aliphatic rings. The van der Waals surface area contributed by atoms with Gasteiger partial charge in [0, 0.05) is 31.6 Å². The molecule has 0 bridgehead atoms. The van der Waals surface area contributed by atoms with Gasteiger partial charge in [0.05, 0.1) is 5.56 Å². The summed E-state index contributed by atoms with van der Waals surface area (Å²) in [5.41, 5.74) is 1.32. The van der Waals surface area contributed by atoms with Gasteiger partial charge in [0.1, 0.15) is 5.82 Å². The molecule has 6 heteroatoms. The lowest BCUT2D eigenvalue weighted by Gasteiger charge is -2.26. The summed E-state index contributed by atoms with van der Waals surface area (Å²) in [5.74, 6) is -0.433. The molecular formula is C21H19F4NO. The quantitative estimate of drug-likeness (QED) is 0.527. The monoisotopic (exact) mass is 377 g/mol. The summed E-state index contributed by atoms with van der Waals surface area (Å²) in [5, 5.41) is 0. The maximum Gasteiger partial charge on any atom is 0.416 e. The Labute approximate surface area is 155 Å². The number of rotatable bonds is 5. The second-order valence-electron chi connectivity index (χ2n) is 6.54. The first-order valence-corrected chi connectivity index (χ1v) is 8.71. The van der Waals surface area contributed by atoms with E-state index in [0.717, 1.165) is 11.6 Å². The third-order valence-corrected chi connectivity index (χ3v) is 4.68. The Morgan fingerprint density at radius 1 is 1.07 bits per heavy atom. The highest BCUT2D eigenvalue weighted by molar-refractivity contribution is 5.96. The van der Waals surface area contributed by atoms with Gasteiger partial charge in [0.2, 0.25) is 0 Å². The van der Waals surface area contributed by atoms with Gasteiger partial charge in [-0.1, -0.05) is 18.2 Å². The van der Waals surface area contributed by atoms with Crippen LogP contribution in [0.2, 0.25) is 0 Å². The Bertz CT molecular complexity index is 840. The minimum Gasteiger partial charge on any atom is -0.299 e. The van der Waals surface area contributed by atoms with Gasteiger partial charge in [0.15, 0.2) is 5.78 Å². The number of carbonyl (C=O) groups excluding carboxylic acids is 1. The molecule has 142 valence electrons. The van der Waals surface area contributed by atoms with Crippen molar-refractivity contribution in [3.8, 4) is 0 Å². The summed E-state index contributed by atoms with van der Waals surface area (Å²) >= 11 is 0. The Morgan fingerprint density at radius 3 is 2.44 bits per heavy atom. The molecule has 0 radical (unpaired) electrons. The van der Waals surface area contributed by atoms with Gasteiger partial charge in [-0.25, -0.2) is 4.39 Å². The van der Waals surface area contributed by atoms with Crippen LogP contribution in [0.4, 0.5) is 17.6 Å². The van der Waals surface area contributed by atoms with Crippen LogP contribution >= 0.6 is 0 Å². The summed E-state index contributed by atoms with van der Waals surface area (Å²) in [7, 11) is 0. The highest BCUT2D eigenvalue weighted by Gasteiger charge is 2.30. The lowest BCUT2D eigenvalue weighted by molar-refractivity contribution is -0.137. The fraction of sp³-hybridized carbons (Fsp3) is 0.286. The molecule has 0 N–H and O–H groups in total. The van der Waals surface area contributed by atoms with Crippen LogP contribution in [0.5, 0.6) is 0 Å². The molecule has 1 aliphatic heterocycles. The standard InChI is InChI=1S/C21H19F4NO/c22-19-6-4-16(5-7-19)20(27)10-13-26-11-8-15(9-12-26)17-2-1-3-18(14-17)21(23,24)25/h1-8,14H,9-13H2. The van der Waals surface area contributed by atoms with Crippen LogP contribution < -0.4 is 0 Å². The zero-order valence-electron chi connectivity index (χ0n) is 14.6. The molecule has 0 amide bonds. The lowest BCUT2D eigenvalue weighted by atomic mass is 9.97. The molecule has 0 saturated heterocycles. The van der Waals surface area contributed by atoms with Gasteiger partial charge in [0.25, 0.3) is 0 Å². The van der Waals surface area contributed by atoms with Crippen LogP contribution in [0.15, 0.2) is 54.6 Å². The van der Waals surface area contributed by atoms with E-state index in [4.69, 9.17) is 0 Å². The number of halogens is 4. The van der Waals surface area contributed by atoms with E-state index in [1.165, 1.54) is 36.4 Å². The first kappa shape index (κ1) is 19.3. The SMILES string of the molecule is O=C(CCN1CC=C(c2cccc(C(F)(F)F)c2)CC1)c1ccc(F)cc1. The Hall–Kier alpha value is -2.47. The van der Waals surface area contributed by atoms with Crippen molar-refractivity contribution in [2.24, 2.45) is 0 Å². The number of Topliss-reactive ketones (excluding diaryl/α,β-unsaturated/α-hetero) is 1. The predicted molar refractivity (Wildman–Crippen MR) is 95.8 cm³/mol. The van der Waals surface area contributed by atoms with Crippen molar-refractivity contribution in [2.75, 3.05) is 19.6 Å². The zero-order valence-corrected chi connectivity index (χ0v) is 14.6. The number of carbonyl (C=O) groups is 1. The fourth-order valence-electron chi connectivity index (χ4n) is 3.11. The van der Waals surface area contributed by atoms with Crippen molar-refractivity contribution in [1.29, 1.82) is 0 Å². The van der Waals surface area contributed by atoms with Crippen molar-refractivity contribution < 1.29 is 22.4 Å². The van der Waals surface area contributed by atoms with Gasteiger partial charge < -0.3 is 0 Å². The summed E-state index contributed by atoms with van der Waals surface area (Å²) in [6.45, 7) is 1.82. The van der Waals surface area contributed by atoms with Crippen molar-refractivity contribution in [1.82, 2.24) is 4.90 Å². The van der Waals surface area contributed by atoms with Crippen molar-refractivity contribution in [2.45, 2.75) is 19.0 Å². The number of hydrogen-bond acceptors (Lipinski definition) is 2. The molecule has 0 fully saturated rings. The third-order valence-electron chi connectivity index (χ3n) is 4.68. The second-order valence-corrected chi connectivity index (χ2v) is 6.54. The smallest absolute Gasteiger partial charge is 0.299 e. The third kappa shape index (κ3) is 5.04. The molecule has 0 saturated carbocycles. The minimum absolute atomic E-state index is 0.0531. The Balaban J connectivity index is 1.57. The van der Waals surface area contributed by atoms with E-state index < -0.39 is 11.7 Å². The first-order chi connectivity index (χ1) is 12.8. The van der Waals surface area contributed by atoms with E-state index in [9.17, 15) is 22.4 Å². The Kier molecular flexibility index (Phi) is 5.75. The van der Waals surface area contributed by atoms with Crippen LogP contribution in [-0.4, -0.2) is 30.3 Å². The molecule has 2 aromatic carbocycles. The molecule has 0 unspecified atom stereocenters. The number of nitrogens with zero attached hydrogens (tertiary/aromatic N) is 1. The summed E-state index contributed by atoms with van der Waals surface area (Å²) in [6.07, 6.45) is -1.48. The molecule has 27 heavy (non-hydrogen) atoms. The number of benzene rings is 2. The van der Waals surface area contributed by atoms with E-state index in [-0.39, 0.29) is 11.6 Å². The maximum atomic E-state index is 12.9. The fourth-order valence-corrected chi connectivity index (χ4v) is 3.11. The number of alkyl halides is 3. The lowest BCUT2D eigenvalue weighted by Crippen LogP contribution is -2.30. The minimum atomic E-state index is -4.35. The maximum absolute atomic E-state index is 12.9. The number of ketones is 1. The van der Waals surface area contributed by atoms with Crippen LogP contribution in [0, 0.1) is 5.82 Å². The normalized spacial score (nSPS) is 15.5. The molecule has 2 aromatic rings. The van der Waals surface area contributed by atoms with Crippen molar-refractivity contribution in [3.63, 3.8) is 0 Å². The predicted octanol–water partition coefficient (Wildman–Crippen LogP) is 5.21. The van der Waals surface area contributed by atoms with E-state index in [1.54, 1.807) is 6.07 Å². The molecule has 0 spiro atoms. The topological polar surface area (TPSA) is 20.3 Å². The van der Waals surface area contributed by atoms with Crippen molar-refractivity contribution >= 4 is 11.4 Å². The Morgan fingerprint density at radius 2 is 1.81 bits per heavy atom. The summed E-state index contributed by atoms with van der Waals surface area (Å²) in [6, 6.07) is 10.8. The highest BCUT2D eigenvalue weighted by atomic mass is 19.4. The highest BCUT2D eigenvalue weighted by Crippen LogP contribution is 2.32. The average molecular weight is 377 g/mol. The van der Waals surface area contributed by atoms with Crippen molar-refractivity contribution in [3.05, 3.63) is 77.1 Å². The van der Waals surface area contributed by atoms with Crippen LogP contribution in [0.25, 0.3) is 5.57 Å². The van der Waals surface area contributed by atoms with Crippen LogP contribution in [-0.2, 0) is 6.18 Å². The molecule has 0 atom stereocenters. The van der Waals surface area contributed by atoms with Gasteiger partial charge in [-0.15, -0.1) is 0 Å². The molecule has 2 nitrogen and oxygen atoms in total. The summed E-state index contributed by atoms with van der Waals surface area (Å²) < 4.78 is 51.5. The van der Waals surface area contributed by atoms with E-state index >= 15 is 0 Å². The van der Waals surface area contributed by atoms with Gasteiger partial charge in [-0.2, -0.15) is 13.2 Å². The van der Waals surface area contributed by atoms with Gasteiger partial charge in [-0.3, -0.25) is 9.69 Å². The zero-order chi connectivity index (χ0) is 19.4. The molecule has 1 heterocycles. The largest absolute Gasteiger partial charge is 0.416 e. The summed E-state index contributed by atoms with van der Waals surface area (Å²) in [4.78, 5) is 14.2. The van der Waals surface area contributed by atoms with Crippen LogP contribution in [0.3, 0.4) is 0 Å². The van der Waals surface area contributed by atoms with E-state index in [2.05, 4.69) is 4.90 Å². The molecule has 3 rings (SSSR count). The van der Waals surface area contributed by atoms with Gasteiger partial charge in [-0.05, 0) is 54.0 Å². The first-order valence-electron chi connectivity index (χ1n) is 8.71. The average Bonchev–Trinajstić information content (AvgIpc) is 2.66. The van der Waals surface area contributed by atoms with E-state index in [0.29, 0.717) is 43.6 Å².